The molecule has 0 unspecified atom stereocenters. The van der Waals surface area contributed by atoms with Crippen molar-refractivity contribution in [3.63, 3.8) is 0 Å². The van der Waals surface area contributed by atoms with E-state index in [-0.39, 0.29) is 0 Å². The minimum Gasteiger partial charge on any atom is -0.107 e. The van der Waals surface area contributed by atoms with Crippen LogP contribution in [0.4, 0.5) is 0 Å². The second kappa shape index (κ2) is 6.42. The summed E-state index contributed by atoms with van der Waals surface area (Å²) in [7, 11) is 0. The van der Waals surface area contributed by atoms with Crippen molar-refractivity contribution in [1.29, 1.82) is 0 Å². The third-order valence-electron chi connectivity index (χ3n) is 1.51. The Kier molecular flexibility index (Phi) is 5.97. The number of allylic oxidation sites excluding steroid dienone is 1. The molecule has 0 saturated carbocycles. The molecule has 0 aromatic carbocycles. The maximum absolute atomic E-state index is 3.92. The fourth-order valence-electron chi connectivity index (χ4n) is 0.729. The van der Waals surface area contributed by atoms with E-state index in [1.54, 1.807) is 0 Å². The first-order valence-corrected chi connectivity index (χ1v) is 3.87. The standard InChI is InChI=1S/C10H16/c1-4-6-7-8-9-10(3)5-2/h3,5,7-9H2,1-2H3. The zero-order chi connectivity index (χ0) is 7.82. The Balaban J connectivity index is 3.17. The minimum absolute atomic E-state index is 1.02. The average Bonchev–Trinajstić information content (AvgIpc) is 1.98. The van der Waals surface area contributed by atoms with Crippen LogP contribution in [0.25, 0.3) is 0 Å². The van der Waals surface area contributed by atoms with Gasteiger partial charge in [-0.3, -0.25) is 0 Å². The van der Waals surface area contributed by atoms with Gasteiger partial charge in [-0.15, -0.1) is 11.8 Å². The summed E-state index contributed by atoms with van der Waals surface area (Å²) >= 11 is 0. The highest BCUT2D eigenvalue weighted by atomic mass is 13.9. The van der Waals surface area contributed by atoms with E-state index in [1.165, 1.54) is 12.0 Å². The van der Waals surface area contributed by atoms with E-state index in [0.717, 1.165) is 19.3 Å². The fourth-order valence-corrected chi connectivity index (χ4v) is 0.729. The molecule has 0 atom stereocenters. The van der Waals surface area contributed by atoms with Crippen molar-refractivity contribution in [2.24, 2.45) is 0 Å². The smallest absolute Gasteiger partial charge is 0.00916 e. The van der Waals surface area contributed by atoms with Gasteiger partial charge in [0.15, 0.2) is 0 Å². The fraction of sp³-hybridized carbons (Fsp3) is 0.600. The summed E-state index contributed by atoms with van der Waals surface area (Å²) < 4.78 is 0. The Morgan fingerprint density at radius 2 is 2.20 bits per heavy atom. The minimum atomic E-state index is 1.02. The Labute approximate surface area is 64.3 Å². The van der Waals surface area contributed by atoms with E-state index in [0.29, 0.717) is 0 Å². The molecule has 0 heteroatoms. The van der Waals surface area contributed by atoms with Gasteiger partial charge >= 0.3 is 0 Å². The van der Waals surface area contributed by atoms with Gasteiger partial charge in [0.05, 0.1) is 0 Å². The van der Waals surface area contributed by atoms with Crippen molar-refractivity contribution < 1.29 is 0 Å². The van der Waals surface area contributed by atoms with E-state index in [1.807, 2.05) is 6.92 Å². The van der Waals surface area contributed by atoms with Gasteiger partial charge in [-0.2, -0.15) is 0 Å². The summed E-state index contributed by atoms with van der Waals surface area (Å²) in [5.41, 5.74) is 1.35. The topological polar surface area (TPSA) is 0 Å². The van der Waals surface area contributed by atoms with E-state index in [2.05, 4.69) is 25.3 Å². The first-order valence-electron chi connectivity index (χ1n) is 3.87. The van der Waals surface area contributed by atoms with Gasteiger partial charge in [0.2, 0.25) is 0 Å². The van der Waals surface area contributed by atoms with Gasteiger partial charge in [-0.25, -0.2) is 0 Å². The summed E-state index contributed by atoms with van der Waals surface area (Å²) in [6.07, 6.45) is 4.45. The van der Waals surface area contributed by atoms with Gasteiger partial charge in [-0.1, -0.05) is 19.1 Å². The molecular formula is C10H16. The van der Waals surface area contributed by atoms with Crippen molar-refractivity contribution in [1.82, 2.24) is 0 Å². The molecule has 0 aromatic heterocycles. The molecule has 0 fully saturated rings. The lowest BCUT2D eigenvalue weighted by Gasteiger charge is -1.97. The van der Waals surface area contributed by atoms with Crippen molar-refractivity contribution in [3.8, 4) is 11.8 Å². The summed E-state index contributed by atoms with van der Waals surface area (Å²) in [5.74, 6) is 5.92. The second-order valence-corrected chi connectivity index (χ2v) is 2.38. The SMILES string of the molecule is C=C(CC)CCCC#CC. The normalized spacial score (nSPS) is 8.20. The van der Waals surface area contributed by atoms with E-state index in [9.17, 15) is 0 Å². The van der Waals surface area contributed by atoms with Gasteiger partial charge in [0, 0.05) is 6.42 Å². The molecule has 0 rings (SSSR count). The molecule has 0 nitrogen and oxygen atoms in total. The Morgan fingerprint density at radius 3 is 2.70 bits per heavy atom. The quantitative estimate of drug-likeness (QED) is 0.316. The number of rotatable bonds is 4. The van der Waals surface area contributed by atoms with Gasteiger partial charge < -0.3 is 0 Å². The van der Waals surface area contributed by atoms with Crippen LogP contribution in [0.3, 0.4) is 0 Å². The van der Waals surface area contributed by atoms with Crippen LogP contribution in [-0.2, 0) is 0 Å². The molecule has 0 saturated heterocycles. The van der Waals surface area contributed by atoms with Crippen LogP contribution in [0.5, 0.6) is 0 Å². The first-order chi connectivity index (χ1) is 4.81. The van der Waals surface area contributed by atoms with Gasteiger partial charge in [0.1, 0.15) is 0 Å². The third-order valence-corrected chi connectivity index (χ3v) is 1.51. The predicted molar refractivity (Wildman–Crippen MR) is 46.7 cm³/mol. The molecule has 0 aliphatic heterocycles. The number of unbranched alkanes of at least 4 members (excludes halogenated alkanes) is 1. The summed E-state index contributed by atoms with van der Waals surface area (Å²) in [5, 5.41) is 0. The van der Waals surface area contributed by atoms with Crippen LogP contribution in [-0.4, -0.2) is 0 Å². The molecule has 0 heterocycles. The predicted octanol–water partition coefficient (Wildman–Crippen LogP) is 3.15. The molecule has 0 radical (unpaired) electrons. The molecule has 10 heavy (non-hydrogen) atoms. The maximum Gasteiger partial charge on any atom is 0.00916 e. The molecule has 0 N–H and O–H groups in total. The summed E-state index contributed by atoms with van der Waals surface area (Å²) in [6.45, 7) is 7.95. The molecule has 0 bridgehead atoms. The Hall–Kier alpha value is -0.700. The molecular weight excluding hydrogens is 120 g/mol. The lowest BCUT2D eigenvalue weighted by Crippen LogP contribution is -1.78. The van der Waals surface area contributed by atoms with Gasteiger partial charge in [0.25, 0.3) is 0 Å². The van der Waals surface area contributed by atoms with Crippen LogP contribution in [0.15, 0.2) is 12.2 Å². The highest BCUT2D eigenvalue weighted by molar-refractivity contribution is 4.97. The lowest BCUT2D eigenvalue weighted by atomic mass is 10.1. The Bertz CT molecular complexity index is 143. The van der Waals surface area contributed by atoms with Crippen molar-refractivity contribution >= 4 is 0 Å². The highest BCUT2D eigenvalue weighted by Crippen LogP contribution is 2.07. The highest BCUT2D eigenvalue weighted by Gasteiger charge is 1.88. The number of hydrogen-bond acceptors (Lipinski definition) is 0. The maximum atomic E-state index is 3.92. The van der Waals surface area contributed by atoms with Crippen molar-refractivity contribution in [3.05, 3.63) is 12.2 Å². The van der Waals surface area contributed by atoms with E-state index in [4.69, 9.17) is 0 Å². The van der Waals surface area contributed by atoms with Crippen LogP contribution < -0.4 is 0 Å². The molecule has 0 spiro atoms. The summed E-state index contributed by atoms with van der Waals surface area (Å²) in [4.78, 5) is 0. The molecule has 0 aliphatic rings. The van der Waals surface area contributed by atoms with Gasteiger partial charge in [-0.05, 0) is 26.2 Å². The molecule has 0 amide bonds. The number of hydrogen-bond donors (Lipinski definition) is 0. The molecule has 56 valence electrons. The van der Waals surface area contributed by atoms with E-state index < -0.39 is 0 Å². The largest absolute Gasteiger partial charge is 0.107 e. The van der Waals surface area contributed by atoms with Crippen LogP contribution in [0.1, 0.15) is 39.5 Å². The molecule has 0 aliphatic carbocycles. The van der Waals surface area contributed by atoms with Crippen molar-refractivity contribution in [2.75, 3.05) is 0 Å². The second-order valence-electron chi connectivity index (χ2n) is 2.38. The third kappa shape index (κ3) is 5.44. The molecule has 0 aromatic rings. The van der Waals surface area contributed by atoms with Crippen molar-refractivity contribution in [2.45, 2.75) is 39.5 Å². The average molecular weight is 136 g/mol. The first kappa shape index (κ1) is 9.30. The zero-order valence-corrected chi connectivity index (χ0v) is 7.04. The van der Waals surface area contributed by atoms with Crippen LogP contribution in [0.2, 0.25) is 0 Å². The Morgan fingerprint density at radius 1 is 1.50 bits per heavy atom. The van der Waals surface area contributed by atoms with E-state index >= 15 is 0 Å². The zero-order valence-electron chi connectivity index (χ0n) is 7.04. The lowest BCUT2D eigenvalue weighted by molar-refractivity contribution is 0.817. The summed E-state index contributed by atoms with van der Waals surface area (Å²) in [6, 6.07) is 0. The van der Waals surface area contributed by atoms with Crippen LogP contribution >= 0.6 is 0 Å². The monoisotopic (exact) mass is 136 g/mol. The van der Waals surface area contributed by atoms with Crippen LogP contribution in [0, 0.1) is 11.8 Å².